The number of benzene rings is 1. The Balaban J connectivity index is 2.77. The summed E-state index contributed by atoms with van der Waals surface area (Å²) in [7, 11) is 0. The maximum absolute atomic E-state index is 12.3. The summed E-state index contributed by atoms with van der Waals surface area (Å²) in [5.41, 5.74) is 7.28. The molecule has 0 spiro atoms. The zero-order valence-corrected chi connectivity index (χ0v) is 12.5. The predicted octanol–water partition coefficient (Wildman–Crippen LogP) is 2.78. The number of nitrogens with two attached hydrogens (primary N) is 1. The molecule has 0 atom stereocenters. The zero-order valence-electron chi connectivity index (χ0n) is 11.7. The lowest BCUT2D eigenvalue weighted by Gasteiger charge is -2.21. The van der Waals surface area contributed by atoms with Gasteiger partial charge in [-0.3, -0.25) is 4.79 Å². The summed E-state index contributed by atoms with van der Waals surface area (Å²) in [6, 6.07) is 7.55. The van der Waals surface area contributed by atoms with E-state index in [1.54, 1.807) is 0 Å². The van der Waals surface area contributed by atoms with E-state index in [0.717, 1.165) is 37.1 Å². The van der Waals surface area contributed by atoms with E-state index in [9.17, 15) is 4.79 Å². The second-order valence-electron chi connectivity index (χ2n) is 4.63. The standard InChI is InChI=1S/C15H22N2OS/c1-3-9-17(10-4-2)15(18)13-7-5-12(6-8-13)11-14(16)19/h5-8H,3-4,9-11H2,1-2H3,(H2,16,19). The smallest absolute Gasteiger partial charge is 0.253 e. The molecule has 1 aromatic rings. The quantitative estimate of drug-likeness (QED) is 0.780. The van der Waals surface area contributed by atoms with Crippen molar-refractivity contribution in [2.24, 2.45) is 5.73 Å². The molecule has 0 fully saturated rings. The van der Waals surface area contributed by atoms with Crippen molar-refractivity contribution < 1.29 is 4.79 Å². The van der Waals surface area contributed by atoms with Crippen molar-refractivity contribution in [3.05, 3.63) is 35.4 Å². The molecule has 0 saturated carbocycles. The molecule has 1 rings (SSSR count). The van der Waals surface area contributed by atoms with Crippen LogP contribution in [0.15, 0.2) is 24.3 Å². The molecule has 4 heteroatoms. The summed E-state index contributed by atoms with van der Waals surface area (Å²) in [6.45, 7) is 5.78. The Morgan fingerprint density at radius 1 is 1.16 bits per heavy atom. The fourth-order valence-corrected chi connectivity index (χ4v) is 2.17. The molecule has 0 aromatic heterocycles. The van der Waals surface area contributed by atoms with Crippen LogP contribution < -0.4 is 5.73 Å². The molecule has 3 nitrogen and oxygen atoms in total. The van der Waals surface area contributed by atoms with Gasteiger partial charge in [0.25, 0.3) is 5.91 Å². The van der Waals surface area contributed by atoms with Crippen LogP contribution in [0.25, 0.3) is 0 Å². The fourth-order valence-electron chi connectivity index (χ4n) is 2.00. The lowest BCUT2D eigenvalue weighted by Crippen LogP contribution is -2.32. The molecule has 104 valence electrons. The summed E-state index contributed by atoms with van der Waals surface area (Å²) in [5, 5.41) is 0. The highest BCUT2D eigenvalue weighted by molar-refractivity contribution is 7.80. The highest BCUT2D eigenvalue weighted by Gasteiger charge is 2.13. The van der Waals surface area contributed by atoms with E-state index in [0.29, 0.717) is 11.4 Å². The van der Waals surface area contributed by atoms with Gasteiger partial charge >= 0.3 is 0 Å². The van der Waals surface area contributed by atoms with E-state index < -0.39 is 0 Å². The van der Waals surface area contributed by atoms with Gasteiger partial charge in [0.05, 0.1) is 4.99 Å². The van der Waals surface area contributed by atoms with Gasteiger partial charge in [0.15, 0.2) is 0 Å². The minimum Gasteiger partial charge on any atom is -0.393 e. The van der Waals surface area contributed by atoms with Crippen molar-refractivity contribution >= 4 is 23.1 Å². The number of thiocarbonyl (C=S) groups is 1. The van der Waals surface area contributed by atoms with Gasteiger partial charge in [0, 0.05) is 25.1 Å². The van der Waals surface area contributed by atoms with E-state index in [-0.39, 0.29) is 5.91 Å². The first-order valence-corrected chi connectivity index (χ1v) is 7.15. The first-order valence-electron chi connectivity index (χ1n) is 6.75. The Labute approximate surface area is 120 Å². The minimum atomic E-state index is 0.102. The molecule has 0 aliphatic rings. The molecule has 0 aliphatic carbocycles. The molecule has 0 heterocycles. The van der Waals surface area contributed by atoms with Gasteiger partial charge in [-0.15, -0.1) is 0 Å². The van der Waals surface area contributed by atoms with Crippen LogP contribution in [0.5, 0.6) is 0 Å². The zero-order chi connectivity index (χ0) is 14.3. The normalized spacial score (nSPS) is 10.2. The van der Waals surface area contributed by atoms with E-state index in [4.69, 9.17) is 18.0 Å². The lowest BCUT2D eigenvalue weighted by molar-refractivity contribution is 0.0755. The minimum absolute atomic E-state index is 0.102. The number of rotatable bonds is 7. The van der Waals surface area contributed by atoms with Crippen molar-refractivity contribution in [2.75, 3.05) is 13.1 Å². The summed E-state index contributed by atoms with van der Waals surface area (Å²) in [4.78, 5) is 14.7. The molecule has 1 amide bonds. The molecule has 2 N–H and O–H groups in total. The van der Waals surface area contributed by atoms with Gasteiger partial charge in [-0.2, -0.15) is 0 Å². The average molecular weight is 278 g/mol. The van der Waals surface area contributed by atoms with Crippen molar-refractivity contribution in [1.82, 2.24) is 4.90 Å². The van der Waals surface area contributed by atoms with E-state index in [1.165, 1.54) is 0 Å². The van der Waals surface area contributed by atoms with Crippen LogP contribution >= 0.6 is 12.2 Å². The average Bonchev–Trinajstić information content (AvgIpc) is 2.38. The molecule has 0 aliphatic heterocycles. The monoisotopic (exact) mass is 278 g/mol. The van der Waals surface area contributed by atoms with Crippen molar-refractivity contribution in [1.29, 1.82) is 0 Å². The third kappa shape index (κ3) is 4.99. The van der Waals surface area contributed by atoms with Gasteiger partial charge in [-0.25, -0.2) is 0 Å². The molecule has 19 heavy (non-hydrogen) atoms. The molecule has 1 aromatic carbocycles. The maximum atomic E-state index is 12.3. The van der Waals surface area contributed by atoms with Crippen molar-refractivity contribution in [2.45, 2.75) is 33.1 Å². The number of hydrogen-bond donors (Lipinski definition) is 1. The fraction of sp³-hybridized carbons (Fsp3) is 0.467. The van der Waals surface area contributed by atoms with Crippen LogP contribution in [-0.2, 0) is 6.42 Å². The molecule has 0 bridgehead atoms. The first-order chi connectivity index (χ1) is 9.08. The summed E-state index contributed by atoms with van der Waals surface area (Å²) >= 11 is 4.88. The van der Waals surface area contributed by atoms with Crippen LogP contribution in [0.4, 0.5) is 0 Å². The SMILES string of the molecule is CCCN(CCC)C(=O)c1ccc(CC(N)=S)cc1. The highest BCUT2D eigenvalue weighted by Crippen LogP contribution is 2.09. The maximum Gasteiger partial charge on any atom is 0.253 e. The molecular weight excluding hydrogens is 256 g/mol. The molecule has 0 unspecified atom stereocenters. The Morgan fingerprint density at radius 3 is 2.11 bits per heavy atom. The van der Waals surface area contributed by atoms with Gasteiger partial charge in [-0.05, 0) is 30.5 Å². The number of nitrogens with zero attached hydrogens (tertiary/aromatic N) is 1. The van der Waals surface area contributed by atoms with Crippen LogP contribution in [0.1, 0.15) is 42.6 Å². The van der Waals surface area contributed by atoms with Crippen LogP contribution in [0.3, 0.4) is 0 Å². The summed E-state index contributed by atoms with van der Waals surface area (Å²) in [6.07, 6.45) is 2.54. The van der Waals surface area contributed by atoms with Gasteiger partial charge < -0.3 is 10.6 Å². The Morgan fingerprint density at radius 2 is 1.68 bits per heavy atom. The first kappa shape index (κ1) is 15.6. The molecule has 0 radical (unpaired) electrons. The van der Waals surface area contributed by atoms with Gasteiger partial charge in [0.1, 0.15) is 0 Å². The molecule has 0 saturated heterocycles. The van der Waals surface area contributed by atoms with E-state index in [2.05, 4.69) is 13.8 Å². The number of amides is 1. The van der Waals surface area contributed by atoms with E-state index >= 15 is 0 Å². The molecular formula is C15H22N2OS. The van der Waals surface area contributed by atoms with Crippen LogP contribution in [-0.4, -0.2) is 28.9 Å². The number of carbonyl (C=O) groups is 1. The van der Waals surface area contributed by atoms with Gasteiger partial charge in [0.2, 0.25) is 0 Å². The van der Waals surface area contributed by atoms with Crippen molar-refractivity contribution in [3.8, 4) is 0 Å². The third-order valence-electron chi connectivity index (χ3n) is 2.85. The lowest BCUT2D eigenvalue weighted by atomic mass is 10.1. The predicted molar refractivity (Wildman–Crippen MR) is 83.4 cm³/mol. The van der Waals surface area contributed by atoms with Crippen LogP contribution in [0, 0.1) is 0 Å². The summed E-state index contributed by atoms with van der Waals surface area (Å²) < 4.78 is 0. The Kier molecular flexibility index (Phi) is 6.50. The highest BCUT2D eigenvalue weighted by atomic mass is 32.1. The second kappa shape index (κ2) is 7.89. The largest absolute Gasteiger partial charge is 0.393 e. The van der Waals surface area contributed by atoms with Crippen molar-refractivity contribution in [3.63, 3.8) is 0 Å². The third-order valence-corrected chi connectivity index (χ3v) is 3.00. The number of hydrogen-bond acceptors (Lipinski definition) is 2. The van der Waals surface area contributed by atoms with Crippen LogP contribution in [0.2, 0.25) is 0 Å². The summed E-state index contributed by atoms with van der Waals surface area (Å²) in [5.74, 6) is 0.102. The Bertz CT molecular complexity index is 422. The van der Waals surface area contributed by atoms with E-state index in [1.807, 2.05) is 29.2 Å². The second-order valence-corrected chi connectivity index (χ2v) is 5.16. The Hall–Kier alpha value is -1.42. The van der Waals surface area contributed by atoms with Gasteiger partial charge in [-0.1, -0.05) is 38.2 Å². The topological polar surface area (TPSA) is 46.3 Å². The number of carbonyl (C=O) groups excluding carboxylic acids is 1.